The Morgan fingerprint density at radius 2 is 1.88 bits per heavy atom. The van der Waals surface area contributed by atoms with Crippen molar-refractivity contribution in [2.75, 3.05) is 0 Å². The number of aliphatic carboxylic acids is 1. The van der Waals surface area contributed by atoms with Crippen molar-refractivity contribution in [1.82, 2.24) is 9.88 Å². The Morgan fingerprint density at radius 3 is 2.50 bits per heavy atom. The summed E-state index contributed by atoms with van der Waals surface area (Å²) in [5, 5.41) is 13.1. The zero-order valence-corrected chi connectivity index (χ0v) is 17.6. The summed E-state index contributed by atoms with van der Waals surface area (Å²) in [5.74, 6) is -1.68. The summed E-state index contributed by atoms with van der Waals surface area (Å²) in [6.07, 6.45) is -1.32. The van der Waals surface area contributed by atoms with Crippen LogP contribution in [-0.2, 0) is 17.5 Å². The maximum atomic E-state index is 14.3. The number of hydrogen-bond acceptors (Lipinski definition) is 2. The fourth-order valence-electron chi connectivity index (χ4n) is 7.78. The Bertz CT molecular complexity index is 1440. The van der Waals surface area contributed by atoms with E-state index >= 15 is 0 Å². The molecule has 5 fully saturated rings. The summed E-state index contributed by atoms with van der Waals surface area (Å²) >= 11 is 0. The molecule has 0 radical (unpaired) electrons. The smallest absolute Gasteiger partial charge is 0.416 e. The molecule has 0 aliphatic heterocycles. The Morgan fingerprint density at radius 1 is 1.15 bits per heavy atom. The van der Waals surface area contributed by atoms with Crippen molar-refractivity contribution in [1.29, 1.82) is 0 Å². The lowest BCUT2D eigenvalue weighted by Crippen LogP contribution is -2.67. The number of carboxylic acids is 1. The molecule has 1 heterocycles. The lowest BCUT2D eigenvalue weighted by molar-refractivity contribution is -0.187. The molecule has 174 valence electrons. The number of amides is 1. The van der Waals surface area contributed by atoms with Gasteiger partial charge in [0.05, 0.1) is 22.1 Å². The molecule has 5 aliphatic carbocycles. The Kier molecular flexibility index (Phi) is 3.33. The highest BCUT2D eigenvalue weighted by Gasteiger charge is 3.20. The highest BCUT2D eigenvalue weighted by molar-refractivity contribution is 6.07. The Hall–Kier alpha value is -3.36. The maximum Gasteiger partial charge on any atom is 0.416 e. The molecule has 8 rings (SSSR count). The third-order valence-electron chi connectivity index (χ3n) is 9.00. The molecule has 3 unspecified atom stereocenters. The third kappa shape index (κ3) is 2.00. The molecule has 5 saturated carbocycles. The predicted octanol–water partition coefficient (Wildman–Crippen LogP) is 4.44. The van der Waals surface area contributed by atoms with E-state index in [1.807, 2.05) is 0 Å². The minimum atomic E-state index is -4.43. The molecule has 34 heavy (non-hydrogen) atoms. The summed E-state index contributed by atoms with van der Waals surface area (Å²) in [5.41, 5.74) is -0.429. The monoisotopic (exact) mass is 470 g/mol. The van der Waals surface area contributed by atoms with Crippen molar-refractivity contribution in [3.05, 3.63) is 71.2 Å². The number of benzene rings is 2. The van der Waals surface area contributed by atoms with Gasteiger partial charge in [0.1, 0.15) is 5.82 Å². The van der Waals surface area contributed by atoms with Crippen molar-refractivity contribution in [3.63, 3.8) is 0 Å². The van der Waals surface area contributed by atoms with Gasteiger partial charge in [0.25, 0.3) is 5.91 Å². The van der Waals surface area contributed by atoms with E-state index in [9.17, 15) is 32.3 Å². The first-order valence-electron chi connectivity index (χ1n) is 11.0. The number of halogens is 4. The number of carboxylic acid groups (broad SMARTS) is 1. The van der Waals surface area contributed by atoms with Crippen LogP contribution in [0.4, 0.5) is 17.6 Å². The van der Waals surface area contributed by atoms with Gasteiger partial charge in [-0.3, -0.25) is 9.59 Å². The zero-order chi connectivity index (χ0) is 23.8. The van der Waals surface area contributed by atoms with Gasteiger partial charge in [-0.25, -0.2) is 4.39 Å². The van der Waals surface area contributed by atoms with Gasteiger partial charge < -0.3 is 15.0 Å². The average molecular weight is 470 g/mol. The second-order valence-electron chi connectivity index (χ2n) is 10.2. The molecule has 5 nitrogen and oxygen atoms in total. The first kappa shape index (κ1) is 20.1. The first-order valence-corrected chi connectivity index (χ1v) is 11.0. The quantitative estimate of drug-likeness (QED) is 0.542. The lowest BCUT2D eigenvalue weighted by Gasteiger charge is -2.61. The number of hydrogen-bond donors (Lipinski definition) is 2. The van der Waals surface area contributed by atoms with Gasteiger partial charge in [-0.2, -0.15) is 13.2 Å². The Labute approximate surface area is 190 Å². The van der Waals surface area contributed by atoms with Gasteiger partial charge in [-0.15, -0.1) is 0 Å². The molecule has 5 atom stereocenters. The topological polar surface area (TPSA) is 71.3 Å². The van der Waals surface area contributed by atoms with Crippen LogP contribution in [0, 0.1) is 28.0 Å². The van der Waals surface area contributed by atoms with Gasteiger partial charge in [-0.1, -0.05) is 12.1 Å². The second-order valence-corrected chi connectivity index (χ2v) is 10.2. The van der Waals surface area contributed by atoms with Gasteiger partial charge >= 0.3 is 12.1 Å². The van der Waals surface area contributed by atoms with Crippen LogP contribution in [-0.4, -0.2) is 27.6 Å². The van der Waals surface area contributed by atoms with Crippen molar-refractivity contribution in [2.45, 2.75) is 31.6 Å². The number of carbonyl (C=O) groups is 2. The fraction of sp³-hybridized carbons (Fsp3) is 0.360. The first-order chi connectivity index (χ1) is 16.1. The van der Waals surface area contributed by atoms with Crippen LogP contribution in [0.15, 0.2) is 48.7 Å². The zero-order valence-electron chi connectivity index (χ0n) is 17.6. The van der Waals surface area contributed by atoms with E-state index in [0.717, 1.165) is 24.6 Å². The van der Waals surface area contributed by atoms with Gasteiger partial charge in [0, 0.05) is 29.6 Å². The van der Waals surface area contributed by atoms with E-state index in [0.29, 0.717) is 22.9 Å². The van der Waals surface area contributed by atoms with Crippen LogP contribution in [0.2, 0.25) is 0 Å². The summed E-state index contributed by atoms with van der Waals surface area (Å²) < 4.78 is 54.6. The molecular weight excluding hydrogens is 452 g/mol. The molecule has 3 aromatic rings. The molecule has 1 aromatic heterocycles. The van der Waals surface area contributed by atoms with E-state index in [2.05, 4.69) is 5.32 Å². The SMILES string of the molecule is O=C(NC1CC23CC4(C(=O)O)[C@@H]2[C@@]134)c1cc(F)cc2ccn(Cc3ccc(C(F)(F)F)cc3)c12. The summed E-state index contributed by atoms with van der Waals surface area (Å²) in [7, 11) is 0. The summed E-state index contributed by atoms with van der Waals surface area (Å²) in [4.78, 5) is 24.9. The number of rotatable bonds is 5. The normalized spacial score (nSPS) is 33.9. The van der Waals surface area contributed by atoms with Crippen molar-refractivity contribution in [2.24, 2.45) is 22.2 Å². The van der Waals surface area contributed by atoms with Gasteiger partial charge in [-0.05, 0) is 60.1 Å². The van der Waals surface area contributed by atoms with Crippen molar-refractivity contribution in [3.8, 4) is 0 Å². The highest BCUT2D eigenvalue weighted by atomic mass is 19.4. The van der Waals surface area contributed by atoms with E-state index < -0.39 is 34.8 Å². The van der Waals surface area contributed by atoms with Crippen LogP contribution in [0.5, 0.6) is 0 Å². The van der Waals surface area contributed by atoms with Crippen LogP contribution in [0.25, 0.3) is 10.9 Å². The lowest BCUT2D eigenvalue weighted by atomic mass is 9.42. The third-order valence-corrected chi connectivity index (χ3v) is 9.00. The molecule has 2 spiro atoms. The largest absolute Gasteiger partial charge is 0.481 e. The standard InChI is InChI=1S/C25H18F4N2O3/c26-15-7-13-5-6-31(10-12-1-3-14(4-2-12)25(27,28)29)18(13)16(8-15)19(32)30-17-9-22-11-23(21(33)34)20(22)24(17,22)23/h1-8,17,20H,9-11H2,(H,30,32)(H,33,34)/t17?,20-,22?,23?,24+/m1/s1. The Balaban J connectivity index is 1.17. The second kappa shape index (κ2) is 5.64. The highest BCUT2D eigenvalue weighted by Crippen LogP contribution is 3.17. The molecule has 2 bridgehead atoms. The summed E-state index contributed by atoms with van der Waals surface area (Å²) in [6, 6.07) is 8.65. The maximum absolute atomic E-state index is 14.3. The van der Waals surface area contributed by atoms with E-state index in [1.54, 1.807) is 16.8 Å². The number of nitrogens with one attached hydrogen (secondary N) is 1. The minimum Gasteiger partial charge on any atom is -0.481 e. The minimum absolute atomic E-state index is 0.101. The van der Waals surface area contributed by atoms with Crippen LogP contribution in [0.1, 0.15) is 34.3 Å². The average Bonchev–Trinajstić information content (AvgIpc) is 3.33. The van der Waals surface area contributed by atoms with Crippen LogP contribution in [0.3, 0.4) is 0 Å². The number of aromatic nitrogens is 1. The molecule has 2 N–H and O–H groups in total. The van der Waals surface area contributed by atoms with E-state index in [1.165, 1.54) is 18.2 Å². The molecule has 5 aliphatic rings. The number of carbonyl (C=O) groups excluding carboxylic acids is 1. The molecule has 2 aromatic carbocycles. The molecular formula is C25H18F4N2O3. The van der Waals surface area contributed by atoms with Crippen molar-refractivity contribution < 1.29 is 32.3 Å². The van der Waals surface area contributed by atoms with Crippen LogP contribution < -0.4 is 5.32 Å². The summed E-state index contributed by atoms with van der Waals surface area (Å²) in [6.45, 7) is 0.203. The van der Waals surface area contributed by atoms with Gasteiger partial charge in [0.2, 0.25) is 0 Å². The van der Waals surface area contributed by atoms with E-state index in [-0.39, 0.29) is 34.9 Å². The molecule has 1 amide bonds. The molecule has 0 saturated heterocycles. The van der Waals surface area contributed by atoms with Crippen LogP contribution >= 0.6 is 0 Å². The molecule has 9 heteroatoms. The number of fused-ring (bicyclic) bond motifs is 1. The fourth-order valence-corrected chi connectivity index (χ4v) is 7.78. The number of alkyl halides is 3. The number of nitrogens with zero attached hydrogens (tertiary/aromatic N) is 1. The van der Waals surface area contributed by atoms with Crippen molar-refractivity contribution >= 4 is 22.8 Å². The predicted molar refractivity (Wildman–Crippen MR) is 111 cm³/mol. The van der Waals surface area contributed by atoms with Gasteiger partial charge in [0.15, 0.2) is 0 Å². The van der Waals surface area contributed by atoms with E-state index in [4.69, 9.17) is 0 Å².